The van der Waals surface area contributed by atoms with Gasteiger partial charge in [0.1, 0.15) is 0 Å². The van der Waals surface area contributed by atoms with Crippen LogP contribution in [0, 0.1) is 0 Å². The molecule has 1 fully saturated rings. The highest BCUT2D eigenvalue weighted by molar-refractivity contribution is 7.89. The van der Waals surface area contributed by atoms with Gasteiger partial charge in [-0.3, -0.25) is 9.59 Å². The number of anilines is 1. The Morgan fingerprint density at radius 1 is 1.21 bits per heavy atom. The molecule has 1 atom stereocenters. The molecule has 4 rings (SSSR count). The monoisotopic (exact) mass is 419 g/mol. The molecule has 2 N–H and O–H groups in total. The normalized spacial score (nSPS) is 18.2. The number of nitrogens with one attached hydrogen (secondary N) is 2. The SMILES string of the molecule is C[C@H](NC(=O)c1ccc(S(=O)(=O)N2CCOCC2)o1)c1ccc2c(c1)CC(=O)N2. The fraction of sp³-hybridized carbons (Fsp3) is 0.368. The Bertz CT molecular complexity index is 1060. The van der Waals surface area contributed by atoms with E-state index in [2.05, 4.69) is 10.6 Å². The summed E-state index contributed by atoms with van der Waals surface area (Å²) >= 11 is 0. The lowest BCUT2D eigenvalue weighted by Gasteiger charge is -2.24. The van der Waals surface area contributed by atoms with Gasteiger partial charge in [-0.2, -0.15) is 4.31 Å². The average Bonchev–Trinajstić information content (AvgIpc) is 3.34. The third kappa shape index (κ3) is 3.91. The van der Waals surface area contributed by atoms with Crippen LogP contribution in [0.25, 0.3) is 0 Å². The minimum atomic E-state index is -3.80. The van der Waals surface area contributed by atoms with Gasteiger partial charge in [-0.1, -0.05) is 12.1 Å². The van der Waals surface area contributed by atoms with Crippen LogP contribution < -0.4 is 10.6 Å². The number of fused-ring (bicyclic) bond motifs is 1. The lowest BCUT2D eigenvalue weighted by atomic mass is 10.0. The van der Waals surface area contributed by atoms with E-state index in [1.165, 1.54) is 16.4 Å². The zero-order chi connectivity index (χ0) is 20.6. The molecule has 2 aliphatic rings. The topological polar surface area (TPSA) is 118 Å². The number of rotatable bonds is 5. The third-order valence-corrected chi connectivity index (χ3v) is 6.74. The minimum absolute atomic E-state index is 0.0570. The first kappa shape index (κ1) is 19.6. The molecular weight excluding hydrogens is 398 g/mol. The van der Waals surface area contributed by atoms with Crippen LogP contribution in [0.5, 0.6) is 0 Å². The van der Waals surface area contributed by atoms with Crippen molar-refractivity contribution >= 4 is 27.5 Å². The van der Waals surface area contributed by atoms with E-state index in [-0.39, 0.29) is 35.9 Å². The van der Waals surface area contributed by atoms with Crippen LogP contribution >= 0.6 is 0 Å². The quantitative estimate of drug-likeness (QED) is 0.754. The first-order chi connectivity index (χ1) is 13.8. The van der Waals surface area contributed by atoms with E-state index >= 15 is 0 Å². The van der Waals surface area contributed by atoms with Gasteiger partial charge in [0.05, 0.1) is 25.7 Å². The summed E-state index contributed by atoms with van der Waals surface area (Å²) in [5.74, 6) is -0.657. The molecule has 0 radical (unpaired) electrons. The summed E-state index contributed by atoms with van der Waals surface area (Å²) in [6, 6.07) is 7.78. The van der Waals surface area contributed by atoms with Crippen LogP contribution in [0.1, 0.15) is 34.6 Å². The van der Waals surface area contributed by atoms with E-state index in [1.54, 1.807) is 13.0 Å². The molecule has 0 aliphatic carbocycles. The summed E-state index contributed by atoms with van der Waals surface area (Å²) in [6.07, 6.45) is 0.310. The molecular formula is C19H21N3O6S. The lowest BCUT2D eigenvalue weighted by Crippen LogP contribution is -2.40. The van der Waals surface area contributed by atoms with Gasteiger partial charge in [0, 0.05) is 18.8 Å². The molecule has 2 aliphatic heterocycles. The number of morpholine rings is 1. The van der Waals surface area contributed by atoms with Crippen molar-refractivity contribution in [3.8, 4) is 0 Å². The predicted molar refractivity (Wildman–Crippen MR) is 103 cm³/mol. The number of carbonyl (C=O) groups is 2. The number of hydrogen-bond acceptors (Lipinski definition) is 6. The van der Waals surface area contributed by atoms with E-state index in [4.69, 9.17) is 9.15 Å². The first-order valence-electron chi connectivity index (χ1n) is 9.26. The van der Waals surface area contributed by atoms with E-state index < -0.39 is 15.9 Å². The molecule has 29 heavy (non-hydrogen) atoms. The molecule has 10 heteroatoms. The maximum Gasteiger partial charge on any atom is 0.287 e. The number of ether oxygens (including phenoxy) is 1. The fourth-order valence-electron chi connectivity index (χ4n) is 3.36. The van der Waals surface area contributed by atoms with Crippen molar-refractivity contribution in [1.82, 2.24) is 9.62 Å². The number of hydrogen-bond donors (Lipinski definition) is 2. The van der Waals surface area contributed by atoms with Gasteiger partial charge >= 0.3 is 0 Å². The third-order valence-electron chi connectivity index (χ3n) is 4.97. The number of amides is 2. The van der Waals surface area contributed by atoms with Crippen molar-refractivity contribution in [1.29, 1.82) is 0 Å². The molecule has 0 saturated carbocycles. The summed E-state index contributed by atoms with van der Waals surface area (Å²) in [6.45, 7) is 2.95. The van der Waals surface area contributed by atoms with E-state index in [0.29, 0.717) is 19.6 Å². The van der Waals surface area contributed by atoms with Gasteiger partial charge in [-0.05, 0) is 36.2 Å². The fourth-order valence-corrected chi connectivity index (χ4v) is 4.68. The molecule has 1 saturated heterocycles. The summed E-state index contributed by atoms with van der Waals surface area (Å²) in [5.41, 5.74) is 2.49. The molecule has 1 aromatic heterocycles. The second-order valence-corrected chi connectivity index (χ2v) is 8.84. The molecule has 0 spiro atoms. The predicted octanol–water partition coefficient (Wildman–Crippen LogP) is 1.29. The summed E-state index contributed by atoms with van der Waals surface area (Å²) < 4.78 is 37.0. The van der Waals surface area contributed by atoms with Crippen LogP contribution in [-0.2, 0) is 26.0 Å². The summed E-state index contributed by atoms with van der Waals surface area (Å²) in [7, 11) is -3.80. The Hall–Kier alpha value is -2.69. The van der Waals surface area contributed by atoms with E-state index in [0.717, 1.165) is 16.8 Å². The number of sulfonamides is 1. The number of benzene rings is 1. The molecule has 1 aromatic carbocycles. The molecule has 0 unspecified atom stereocenters. The second-order valence-electron chi connectivity index (χ2n) is 6.97. The number of furan rings is 1. The van der Waals surface area contributed by atoms with Crippen LogP contribution in [0.15, 0.2) is 39.8 Å². The van der Waals surface area contributed by atoms with Crippen LogP contribution in [0.2, 0.25) is 0 Å². The van der Waals surface area contributed by atoms with Crippen molar-refractivity contribution in [3.05, 3.63) is 47.2 Å². The number of nitrogens with zero attached hydrogens (tertiary/aromatic N) is 1. The summed E-state index contributed by atoms with van der Waals surface area (Å²) in [4.78, 5) is 24.0. The Morgan fingerprint density at radius 2 is 1.97 bits per heavy atom. The van der Waals surface area contributed by atoms with Crippen molar-refractivity contribution in [2.45, 2.75) is 24.5 Å². The van der Waals surface area contributed by atoms with E-state index in [9.17, 15) is 18.0 Å². The van der Waals surface area contributed by atoms with E-state index in [1.807, 2.05) is 12.1 Å². The Kier molecular flexibility index (Phi) is 5.15. The smallest absolute Gasteiger partial charge is 0.287 e. The molecule has 9 nitrogen and oxygen atoms in total. The minimum Gasteiger partial charge on any atom is -0.438 e. The first-order valence-corrected chi connectivity index (χ1v) is 10.7. The highest BCUT2D eigenvalue weighted by atomic mass is 32.2. The Balaban J connectivity index is 1.45. The van der Waals surface area contributed by atoms with Gasteiger partial charge < -0.3 is 19.8 Å². The maximum absolute atomic E-state index is 12.6. The van der Waals surface area contributed by atoms with Crippen molar-refractivity contribution in [2.75, 3.05) is 31.6 Å². The van der Waals surface area contributed by atoms with Crippen molar-refractivity contribution < 1.29 is 27.2 Å². The van der Waals surface area contributed by atoms with Crippen molar-refractivity contribution in [2.24, 2.45) is 0 Å². The molecule has 3 heterocycles. The second kappa shape index (κ2) is 7.62. The molecule has 2 amide bonds. The lowest BCUT2D eigenvalue weighted by molar-refractivity contribution is -0.115. The zero-order valence-electron chi connectivity index (χ0n) is 15.8. The van der Waals surface area contributed by atoms with Gasteiger partial charge in [-0.15, -0.1) is 0 Å². The zero-order valence-corrected chi connectivity index (χ0v) is 16.6. The Labute approximate surface area is 168 Å². The maximum atomic E-state index is 12.6. The highest BCUT2D eigenvalue weighted by Gasteiger charge is 2.30. The molecule has 2 aromatic rings. The molecule has 0 bridgehead atoms. The van der Waals surface area contributed by atoms with Gasteiger partial charge in [0.15, 0.2) is 5.76 Å². The number of carbonyl (C=O) groups excluding carboxylic acids is 2. The van der Waals surface area contributed by atoms with Crippen molar-refractivity contribution in [3.63, 3.8) is 0 Å². The van der Waals surface area contributed by atoms with Crippen LogP contribution in [-0.4, -0.2) is 50.8 Å². The average molecular weight is 419 g/mol. The standard InChI is InChI=1S/C19H21N3O6S/c1-12(13-2-3-15-14(10-13)11-17(23)21-15)20-19(24)16-4-5-18(28-16)29(25,26)22-6-8-27-9-7-22/h2-5,10,12H,6-9,11H2,1H3,(H,20,24)(H,21,23)/t12-/m0/s1. The van der Waals surface area contributed by atoms with Gasteiger partial charge in [0.2, 0.25) is 11.0 Å². The van der Waals surface area contributed by atoms with Crippen LogP contribution in [0.3, 0.4) is 0 Å². The summed E-state index contributed by atoms with van der Waals surface area (Å²) in [5, 5.41) is 5.29. The van der Waals surface area contributed by atoms with Crippen LogP contribution in [0.4, 0.5) is 5.69 Å². The largest absolute Gasteiger partial charge is 0.438 e. The Morgan fingerprint density at radius 3 is 2.72 bits per heavy atom. The van der Waals surface area contributed by atoms with Gasteiger partial charge in [-0.25, -0.2) is 8.42 Å². The van der Waals surface area contributed by atoms with Gasteiger partial charge in [0.25, 0.3) is 15.9 Å². The highest BCUT2D eigenvalue weighted by Crippen LogP contribution is 2.27. The molecule has 154 valence electrons.